The molecule has 0 radical (unpaired) electrons. The predicted octanol–water partition coefficient (Wildman–Crippen LogP) is 2.96. The van der Waals surface area contributed by atoms with Gasteiger partial charge in [0.1, 0.15) is 6.54 Å². The quantitative estimate of drug-likeness (QED) is 0.374. The normalized spacial score (nSPS) is 13.1. The van der Waals surface area contributed by atoms with Crippen molar-refractivity contribution < 1.29 is 28.7 Å². The van der Waals surface area contributed by atoms with E-state index in [4.69, 9.17) is 4.74 Å². The predicted molar refractivity (Wildman–Crippen MR) is 130 cm³/mol. The molecule has 0 saturated carbocycles. The molecule has 3 aromatic carbocycles. The number of carbonyl (C=O) groups excluding carboxylic acids is 5. The molecule has 4 rings (SSSR count). The van der Waals surface area contributed by atoms with E-state index in [1.54, 1.807) is 36.4 Å². The third-order valence-corrected chi connectivity index (χ3v) is 5.62. The number of imide groups is 1. The van der Waals surface area contributed by atoms with E-state index in [-0.39, 0.29) is 34.3 Å². The van der Waals surface area contributed by atoms with E-state index >= 15 is 0 Å². The number of amides is 4. The first-order chi connectivity index (χ1) is 17.3. The lowest BCUT2D eigenvalue weighted by molar-refractivity contribution is -0.147. The van der Waals surface area contributed by atoms with Crippen molar-refractivity contribution in [3.8, 4) is 0 Å². The minimum Gasteiger partial charge on any atom is -0.454 e. The molecule has 36 heavy (non-hydrogen) atoms. The van der Waals surface area contributed by atoms with E-state index in [2.05, 4.69) is 10.6 Å². The molecular formula is C27H23N3O6. The number of hydrogen-bond acceptors (Lipinski definition) is 6. The van der Waals surface area contributed by atoms with Crippen molar-refractivity contribution >= 4 is 35.3 Å². The average Bonchev–Trinajstić information content (AvgIpc) is 3.13. The molecule has 4 amide bonds. The Morgan fingerprint density at radius 2 is 1.42 bits per heavy atom. The summed E-state index contributed by atoms with van der Waals surface area (Å²) in [6.45, 7) is 0.580. The number of nitrogens with one attached hydrogen (secondary N) is 2. The lowest BCUT2D eigenvalue weighted by Crippen LogP contribution is -2.36. The molecule has 2 N–H and O–H groups in total. The van der Waals surface area contributed by atoms with Crippen LogP contribution in [0.25, 0.3) is 0 Å². The van der Waals surface area contributed by atoms with E-state index in [1.807, 2.05) is 37.3 Å². The minimum atomic E-state index is -0.914. The summed E-state index contributed by atoms with van der Waals surface area (Å²) in [4.78, 5) is 63.0. The highest BCUT2D eigenvalue weighted by Gasteiger charge is 2.36. The van der Waals surface area contributed by atoms with Crippen molar-refractivity contribution in [3.63, 3.8) is 0 Å². The Bertz CT molecular complexity index is 1300. The van der Waals surface area contributed by atoms with Crippen LogP contribution in [0.1, 0.15) is 49.6 Å². The second-order valence-corrected chi connectivity index (χ2v) is 8.10. The van der Waals surface area contributed by atoms with Gasteiger partial charge in [-0.1, -0.05) is 54.6 Å². The van der Waals surface area contributed by atoms with E-state index in [0.29, 0.717) is 0 Å². The average molecular weight is 485 g/mol. The number of rotatable bonds is 8. The summed E-state index contributed by atoms with van der Waals surface area (Å²) in [6.07, 6.45) is 0. The summed E-state index contributed by atoms with van der Waals surface area (Å²) in [5.74, 6) is -3.17. The summed E-state index contributed by atoms with van der Waals surface area (Å²) in [6, 6.07) is 21.9. The Hall–Kier alpha value is -4.79. The summed E-state index contributed by atoms with van der Waals surface area (Å²) in [5.41, 5.74) is 1.84. The largest absolute Gasteiger partial charge is 0.454 e. The second kappa shape index (κ2) is 10.6. The highest BCUT2D eigenvalue weighted by atomic mass is 16.5. The van der Waals surface area contributed by atoms with Crippen LogP contribution in [0, 0.1) is 0 Å². The maximum Gasteiger partial charge on any atom is 0.326 e. The van der Waals surface area contributed by atoms with Gasteiger partial charge in [0.15, 0.2) is 6.61 Å². The second-order valence-electron chi connectivity index (χ2n) is 8.10. The number of anilines is 1. The monoisotopic (exact) mass is 485 g/mol. The summed E-state index contributed by atoms with van der Waals surface area (Å²) in [5, 5.41) is 5.45. The van der Waals surface area contributed by atoms with Crippen LogP contribution in [0.5, 0.6) is 0 Å². The van der Waals surface area contributed by atoms with Crippen LogP contribution in [0.4, 0.5) is 5.69 Å². The zero-order valence-electron chi connectivity index (χ0n) is 19.4. The van der Waals surface area contributed by atoms with Gasteiger partial charge < -0.3 is 15.4 Å². The smallest absolute Gasteiger partial charge is 0.326 e. The van der Waals surface area contributed by atoms with Gasteiger partial charge in [0.2, 0.25) is 0 Å². The third kappa shape index (κ3) is 5.30. The number of fused-ring (bicyclic) bond motifs is 1. The fourth-order valence-corrected chi connectivity index (χ4v) is 3.78. The Kier molecular flexibility index (Phi) is 7.20. The first kappa shape index (κ1) is 24.3. The van der Waals surface area contributed by atoms with Crippen molar-refractivity contribution in [2.24, 2.45) is 0 Å². The molecule has 0 saturated heterocycles. The molecule has 1 unspecified atom stereocenters. The van der Waals surface area contributed by atoms with Crippen molar-refractivity contribution in [3.05, 3.63) is 101 Å². The fourth-order valence-electron chi connectivity index (χ4n) is 3.78. The van der Waals surface area contributed by atoms with Crippen molar-refractivity contribution in [1.82, 2.24) is 10.2 Å². The summed E-state index contributed by atoms with van der Waals surface area (Å²) < 4.78 is 4.96. The molecule has 0 aliphatic carbocycles. The first-order valence-corrected chi connectivity index (χ1v) is 11.2. The van der Waals surface area contributed by atoms with Crippen LogP contribution in [0.15, 0.2) is 78.9 Å². The van der Waals surface area contributed by atoms with E-state index in [0.717, 1.165) is 10.5 Å². The van der Waals surface area contributed by atoms with Gasteiger partial charge in [-0.25, -0.2) is 0 Å². The number of nitrogens with zero attached hydrogens (tertiary/aromatic N) is 1. The van der Waals surface area contributed by atoms with Gasteiger partial charge in [-0.3, -0.25) is 28.9 Å². The Balaban J connectivity index is 1.32. The van der Waals surface area contributed by atoms with Crippen LogP contribution in [-0.4, -0.2) is 47.6 Å². The molecule has 3 aromatic rings. The number of carbonyl (C=O) groups is 5. The molecule has 0 fully saturated rings. The van der Waals surface area contributed by atoms with Gasteiger partial charge in [0, 0.05) is 0 Å². The number of esters is 1. The van der Waals surface area contributed by atoms with E-state index in [1.165, 1.54) is 12.1 Å². The minimum absolute atomic E-state index is 0.213. The van der Waals surface area contributed by atoms with Crippen molar-refractivity contribution in [2.45, 2.75) is 13.0 Å². The third-order valence-electron chi connectivity index (χ3n) is 5.62. The van der Waals surface area contributed by atoms with Crippen LogP contribution in [-0.2, 0) is 14.3 Å². The summed E-state index contributed by atoms with van der Waals surface area (Å²) >= 11 is 0. The molecule has 0 aromatic heterocycles. The standard InChI is InChI=1S/C27H23N3O6/c1-17(18-9-3-2-4-10-18)28-25(33)21-13-7-8-14-22(21)29-23(31)16-36-24(32)15-30-26(34)19-11-5-6-12-20(19)27(30)35/h2-14,17H,15-16H2,1H3,(H,28,33)(H,29,31). The molecule has 1 atom stereocenters. The number of hydrogen-bond donors (Lipinski definition) is 2. The van der Waals surface area contributed by atoms with Gasteiger partial charge in [0.05, 0.1) is 28.4 Å². The molecule has 182 valence electrons. The highest BCUT2D eigenvalue weighted by Crippen LogP contribution is 2.22. The molecule has 1 heterocycles. The van der Waals surface area contributed by atoms with Gasteiger partial charge in [0.25, 0.3) is 23.6 Å². The fraction of sp³-hybridized carbons (Fsp3) is 0.148. The van der Waals surface area contributed by atoms with Gasteiger partial charge >= 0.3 is 5.97 Å². The van der Waals surface area contributed by atoms with Gasteiger partial charge in [-0.2, -0.15) is 0 Å². The lowest BCUT2D eigenvalue weighted by atomic mass is 10.1. The van der Waals surface area contributed by atoms with Crippen molar-refractivity contribution in [2.75, 3.05) is 18.5 Å². The van der Waals surface area contributed by atoms with Gasteiger partial charge in [-0.05, 0) is 36.8 Å². The van der Waals surface area contributed by atoms with Crippen LogP contribution in [0.2, 0.25) is 0 Å². The van der Waals surface area contributed by atoms with Crippen LogP contribution >= 0.6 is 0 Å². The van der Waals surface area contributed by atoms with E-state index in [9.17, 15) is 24.0 Å². The van der Waals surface area contributed by atoms with E-state index < -0.39 is 36.8 Å². The van der Waals surface area contributed by atoms with Gasteiger partial charge in [-0.15, -0.1) is 0 Å². The zero-order valence-corrected chi connectivity index (χ0v) is 19.4. The molecule has 0 spiro atoms. The Labute approximate surface area is 207 Å². The number of ether oxygens (including phenoxy) is 1. The molecule has 9 nitrogen and oxygen atoms in total. The SMILES string of the molecule is CC(NC(=O)c1ccccc1NC(=O)COC(=O)CN1C(=O)c2ccccc2C1=O)c1ccccc1. The zero-order chi connectivity index (χ0) is 25.7. The number of para-hydroxylation sites is 1. The highest BCUT2D eigenvalue weighted by molar-refractivity contribution is 6.22. The molecule has 0 bridgehead atoms. The molecular weight excluding hydrogens is 462 g/mol. The van der Waals surface area contributed by atoms with Crippen molar-refractivity contribution in [1.29, 1.82) is 0 Å². The Morgan fingerprint density at radius 1 is 0.833 bits per heavy atom. The molecule has 9 heteroatoms. The van der Waals surface area contributed by atoms with Crippen LogP contribution < -0.4 is 10.6 Å². The maximum atomic E-state index is 12.8. The Morgan fingerprint density at radius 3 is 2.08 bits per heavy atom. The lowest BCUT2D eigenvalue weighted by Gasteiger charge is -2.16. The summed E-state index contributed by atoms with van der Waals surface area (Å²) in [7, 11) is 0. The molecule has 1 aliphatic rings. The molecule has 1 aliphatic heterocycles. The first-order valence-electron chi connectivity index (χ1n) is 11.2. The number of benzene rings is 3. The van der Waals surface area contributed by atoms with Crippen LogP contribution in [0.3, 0.4) is 0 Å². The maximum absolute atomic E-state index is 12.8. The topological polar surface area (TPSA) is 122 Å².